The molecule has 2 N–H and O–H groups in total. The Bertz CT molecular complexity index is 791. The van der Waals surface area contributed by atoms with Gasteiger partial charge in [0.1, 0.15) is 11.3 Å². The van der Waals surface area contributed by atoms with Crippen LogP contribution in [0.2, 0.25) is 0 Å². The van der Waals surface area contributed by atoms with E-state index in [-0.39, 0.29) is 0 Å². The van der Waals surface area contributed by atoms with Gasteiger partial charge in [-0.2, -0.15) is 0 Å². The lowest BCUT2D eigenvalue weighted by molar-refractivity contribution is 0.415. The summed E-state index contributed by atoms with van der Waals surface area (Å²) >= 11 is 0. The number of oxazole rings is 1. The van der Waals surface area contributed by atoms with Crippen molar-refractivity contribution < 1.29 is 9.15 Å². The van der Waals surface area contributed by atoms with Crippen LogP contribution in [0, 0.1) is 13.8 Å². The second-order valence-electron chi connectivity index (χ2n) is 4.83. The lowest BCUT2D eigenvalue weighted by Gasteiger charge is -2.02. The third kappa shape index (κ3) is 1.90. The molecule has 0 atom stereocenters. The Morgan fingerprint density at radius 3 is 2.75 bits per heavy atom. The molecule has 0 amide bonds. The van der Waals surface area contributed by atoms with Gasteiger partial charge in [0, 0.05) is 16.8 Å². The lowest BCUT2D eigenvalue weighted by atomic mass is 10.1. The van der Waals surface area contributed by atoms with Crippen molar-refractivity contribution in [3.05, 3.63) is 41.5 Å². The summed E-state index contributed by atoms with van der Waals surface area (Å²) in [5, 5.41) is 0. The monoisotopic (exact) mass is 268 g/mol. The van der Waals surface area contributed by atoms with E-state index in [9.17, 15) is 0 Å². The summed E-state index contributed by atoms with van der Waals surface area (Å²) in [6.07, 6.45) is 0. The highest BCUT2D eigenvalue weighted by Gasteiger charge is 2.13. The topological polar surface area (TPSA) is 61.3 Å². The molecular weight excluding hydrogens is 252 g/mol. The minimum absolute atomic E-state index is 0.576. The number of nitrogen functional groups attached to an aromatic ring is 1. The van der Waals surface area contributed by atoms with Crippen molar-refractivity contribution in [3.8, 4) is 17.2 Å². The number of rotatable bonds is 2. The van der Waals surface area contributed by atoms with Crippen molar-refractivity contribution in [2.45, 2.75) is 13.8 Å². The van der Waals surface area contributed by atoms with E-state index >= 15 is 0 Å². The first-order valence-corrected chi connectivity index (χ1v) is 6.41. The Kier molecular flexibility index (Phi) is 2.86. The van der Waals surface area contributed by atoms with Gasteiger partial charge in [0.05, 0.1) is 7.11 Å². The first-order valence-electron chi connectivity index (χ1n) is 6.41. The van der Waals surface area contributed by atoms with Gasteiger partial charge in [-0.15, -0.1) is 0 Å². The molecule has 0 radical (unpaired) electrons. The summed E-state index contributed by atoms with van der Waals surface area (Å²) < 4.78 is 11.1. The fraction of sp³-hybridized carbons (Fsp3) is 0.188. The van der Waals surface area contributed by atoms with Crippen LogP contribution in [-0.4, -0.2) is 12.1 Å². The van der Waals surface area contributed by atoms with Gasteiger partial charge in [0.2, 0.25) is 5.89 Å². The van der Waals surface area contributed by atoms with Crippen molar-refractivity contribution in [1.29, 1.82) is 0 Å². The van der Waals surface area contributed by atoms with E-state index in [1.54, 1.807) is 7.11 Å². The molecule has 102 valence electrons. The van der Waals surface area contributed by atoms with Crippen molar-refractivity contribution in [2.75, 3.05) is 12.8 Å². The normalized spacial score (nSPS) is 10.9. The predicted molar refractivity (Wildman–Crippen MR) is 79.9 cm³/mol. The predicted octanol–water partition coefficient (Wildman–Crippen LogP) is 3.70. The maximum Gasteiger partial charge on any atom is 0.227 e. The number of aromatic nitrogens is 1. The molecule has 0 aliphatic rings. The maximum atomic E-state index is 6.04. The molecule has 0 aliphatic heterocycles. The third-order valence-corrected chi connectivity index (χ3v) is 3.50. The zero-order valence-electron chi connectivity index (χ0n) is 11.7. The molecule has 0 saturated heterocycles. The molecule has 4 heteroatoms. The number of ether oxygens (including phenoxy) is 1. The number of benzene rings is 2. The molecule has 3 rings (SSSR count). The SMILES string of the molecule is COc1cccc(-c2nc3c(C)c(N)c(C)cc3o2)c1. The van der Waals surface area contributed by atoms with Gasteiger partial charge in [0.25, 0.3) is 0 Å². The van der Waals surface area contributed by atoms with Crippen LogP contribution in [-0.2, 0) is 0 Å². The van der Waals surface area contributed by atoms with Crippen molar-refractivity contribution in [3.63, 3.8) is 0 Å². The smallest absolute Gasteiger partial charge is 0.227 e. The summed E-state index contributed by atoms with van der Waals surface area (Å²) in [7, 11) is 1.64. The Hall–Kier alpha value is -2.49. The van der Waals surface area contributed by atoms with Gasteiger partial charge in [-0.05, 0) is 43.7 Å². The van der Waals surface area contributed by atoms with Crippen LogP contribution in [0.4, 0.5) is 5.69 Å². The highest BCUT2D eigenvalue weighted by atomic mass is 16.5. The van der Waals surface area contributed by atoms with Gasteiger partial charge < -0.3 is 14.9 Å². The second kappa shape index (κ2) is 4.56. The molecule has 0 spiro atoms. The highest BCUT2D eigenvalue weighted by molar-refractivity contribution is 5.85. The average Bonchev–Trinajstić information content (AvgIpc) is 2.89. The maximum absolute atomic E-state index is 6.04. The molecule has 0 aliphatic carbocycles. The number of anilines is 1. The Morgan fingerprint density at radius 2 is 2.00 bits per heavy atom. The molecule has 20 heavy (non-hydrogen) atoms. The van der Waals surface area contributed by atoms with Crippen molar-refractivity contribution in [2.24, 2.45) is 0 Å². The zero-order chi connectivity index (χ0) is 14.3. The van der Waals surface area contributed by atoms with E-state index in [1.165, 1.54) is 0 Å². The van der Waals surface area contributed by atoms with E-state index in [2.05, 4.69) is 4.98 Å². The summed E-state index contributed by atoms with van der Waals surface area (Å²) in [5.41, 5.74) is 11.2. The average molecular weight is 268 g/mol. The number of aryl methyl sites for hydroxylation is 2. The number of hydrogen-bond donors (Lipinski definition) is 1. The summed E-state index contributed by atoms with van der Waals surface area (Å²) in [5.74, 6) is 1.35. The van der Waals surface area contributed by atoms with E-state index < -0.39 is 0 Å². The van der Waals surface area contributed by atoms with E-state index in [1.807, 2.05) is 44.2 Å². The van der Waals surface area contributed by atoms with Gasteiger partial charge >= 0.3 is 0 Å². The minimum Gasteiger partial charge on any atom is -0.497 e. The standard InChI is InChI=1S/C16H16N2O2/c1-9-7-13-15(10(2)14(9)17)18-16(20-13)11-5-4-6-12(8-11)19-3/h4-8H,17H2,1-3H3. The molecule has 0 unspecified atom stereocenters. The molecule has 1 heterocycles. The van der Waals surface area contributed by atoms with E-state index in [4.69, 9.17) is 14.9 Å². The lowest BCUT2D eigenvalue weighted by Crippen LogP contribution is -1.93. The molecule has 0 bridgehead atoms. The summed E-state index contributed by atoms with van der Waals surface area (Å²) in [6.45, 7) is 3.93. The fourth-order valence-electron chi connectivity index (χ4n) is 2.28. The molecule has 2 aromatic carbocycles. The Morgan fingerprint density at radius 1 is 1.20 bits per heavy atom. The molecule has 4 nitrogen and oxygen atoms in total. The molecule has 3 aromatic rings. The van der Waals surface area contributed by atoms with Crippen LogP contribution in [0.3, 0.4) is 0 Å². The fourth-order valence-corrected chi connectivity index (χ4v) is 2.28. The number of fused-ring (bicyclic) bond motifs is 1. The van der Waals surface area contributed by atoms with Gasteiger partial charge in [-0.25, -0.2) is 4.98 Å². The summed E-state index contributed by atoms with van der Waals surface area (Å²) in [4.78, 5) is 4.56. The van der Waals surface area contributed by atoms with Crippen LogP contribution in [0.1, 0.15) is 11.1 Å². The zero-order valence-corrected chi connectivity index (χ0v) is 11.7. The quantitative estimate of drug-likeness (QED) is 0.720. The molecular formula is C16H16N2O2. The van der Waals surface area contributed by atoms with E-state index in [0.29, 0.717) is 5.89 Å². The number of nitrogens with zero attached hydrogens (tertiary/aromatic N) is 1. The number of nitrogens with two attached hydrogens (primary N) is 1. The van der Waals surface area contributed by atoms with Gasteiger partial charge in [-0.1, -0.05) is 6.07 Å². The van der Waals surface area contributed by atoms with Crippen LogP contribution in [0.15, 0.2) is 34.7 Å². The Balaban J connectivity index is 2.20. The van der Waals surface area contributed by atoms with Crippen molar-refractivity contribution >= 4 is 16.8 Å². The van der Waals surface area contributed by atoms with Gasteiger partial charge in [0.15, 0.2) is 5.58 Å². The Labute approximate surface area is 117 Å². The first-order chi connectivity index (χ1) is 9.60. The molecule has 1 aromatic heterocycles. The molecule has 0 saturated carbocycles. The van der Waals surface area contributed by atoms with Crippen LogP contribution < -0.4 is 10.5 Å². The minimum atomic E-state index is 0.576. The largest absolute Gasteiger partial charge is 0.497 e. The van der Waals surface area contributed by atoms with Crippen LogP contribution in [0.5, 0.6) is 5.75 Å². The van der Waals surface area contributed by atoms with Gasteiger partial charge in [-0.3, -0.25) is 0 Å². The highest BCUT2D eigenvalue weighted by Crippen LogP contribution is 2.31. The molecule has 0 fully saturated rings. The van der Waals surface area contributed by atoms with E-state index in [0.717, 1.165) is 39.2 Å². The third-order valence-electron chi connectivity index (χ3n) is 3.50. The first kappa shape index (κ1) is 12.5. The van der Waals surface area contributed by atoms with Crippen LogP contribution in [0.25, 0.3) is 22.6 Å². The van der Waals surface area contributed by atoms with Crippen molar-refractivity contribution in [1.82, 2.24) is 4.98 Å². The van der Waals surface area contributed by atoms with Crippen LogP contribution >= 0.6 is 0 Å². The number of hydrogen-bond acceptors (Lipinski definition) is 4. The number of methoxy groups -OCH3 is 1. The summed E-state index contributed by atoms with van der Waals surface area (Å²) in [6, 6.07) is 9.57. The second-order valence-corrected chi connectivity index (χ2v) is 4.83.